The van der Waals surface area contributed by atoms with E-state index in [4.69, 9.17) is 19.0 Å². The summed E-state index contributed by atoms with van der Waals surface area (Å²) in [6, 6.07) is 15.6. The fraction of sp³-hybridized carbons (Fsp3) is 0.227. The molecule has 0 radical (unpaired) electrons. The SMILES string of the molecule is CCCOc1ccc(-c2noc(Cc3nc(-c4cccc(OC)c4)cs3)n2)cc1. The van der Waals surface area contributed by atoms with Crippen LogP contribution in [0, 0.1) is 0 Å². The van der Waals surface area contributed by atoms with Gasteiger partial charge < -0.3 is 14.0 Å². The molecule has 0 unspecified atom stereocenters. The van der Waals surface area contributed by atoms with Crippen molar-refractivity contribution in [2.75, 3.05) is 13.7 Å². The highest BCUT2D eigenvalue weighted by Crippen LogP contribution is 2.27. The summed E-state index contributed by atoms with van der Waals surface area (Å²) in [5, 5.41) is 7.04. The second-order valence-corrected chi connectivity index (χ2v) is 7.36. The second-order valence-electron chi connectivity index (χ2n) is 6.42. The first-order valence-corrected chi connectivity index (χ1v) is 10.3. The van der Waals surface area contributed by atoms with Crippen LogP contribution in [0.3, 0.4) is 0 Å². The molecule has 4 aromatic rings. The van der Waals surface area contributed by atoms with Crippen molar-refractivity contribution in [2.45, 2.75) is 19.8 Å². The largest absolute Gasteiger partial charge is 0.497 e. The third kappa shape index (κ3) is 4.63. The quantitative estimate of drug-likeness (QED) is 0.397. The summed E-state index contributed by atoms with van der Waals surface area (Å²) < 4.78 is 16.3. The summed E-state index contributed by atoms with van der Waals surface area (Å²) >= 11 is 1.57. The Morgan fingerprint density at radius 2 is 1.86 bits per heavy atom. The molecule has 29 heavy (non-hydrogen) atoms. The van der Waals surface area contributed by atoms with Crippen LogP contribution in [0.15, 0.2) is 58.4 Å². The van der Waals surface area contributed by atoms with Gasteiger partial charge in [0.05, 0.1) is 25.8 Å². The lowest BCUT2D eigenvalue weighted by atomic mass is 10.2. The molecule has 0 fully saturated rings. The Morgan fingerprint density at radius 3 is 2.66 bits per heavy atom. The molecule has 2 heterocycles. The van der Waals surface area contributed by atoms with Crippen molar-refractivity contribution >= 4 is 11.3 Å². The van der Waals surface area contributed by atoms with Crippen LogP contribution in [-0.4, -0.2) is 28.8 Å². The van der Waals surface area contributed by atoms with Crippen LogP contribution >= 0.6 is 11.3 Å². The number of hydrogen-bond donors (Lipinski definition) is 0. The van der Waals surface area contributed by atoms with Crippen molar-refractivity contribution < 1.29 is 14.0 Å². The van der Waals surface area contributed by atoms with E-state index < -0.39 is 0 Å². The molecular weight excluding hydrogens is 386 g/mol. The van der Waals surface area contributed by atoms with Gasteiger partial charge in [-0.2, -0.15) is 4.98 Å². The van der Waals surface area contributed by atoms with Gasteiger partial charge in [-0.3, -0.25) is 0 Å². The average molecular weight is 407 g/mol. The molecule has 4 rings (SSSR count). The summed E-state index contributed by atoms with van der Waals surface area (Å²) in [5.74, 6) is 2.75. The highest BCUT2D eigenvalue weighted by molar-refractivity contribution is 7.10. The minimum Gasteiger partial charge on any atom is -0.497 e. The minimum atomic E-state index is 0.499. The van der Waals surface area contributed by atoms with Gasteiger partial charge in [-0.25, -0.2) is 4.98 Å². The van der Waals surface area contributed by atoms with E-state index in [1.807, 2.05) is 53.9 Å². The van der Waals surface area contributed by atoms with Crippen LogP contribution in [0.4, 0.5) is 0 Å². The van der Waals surface area contributed by atoms with E-state index in [9.17, 15) is 0 Å². The van der Waals surface area contributed by atoms with Gasteiger partial charge in [-0.05, 0) is 42.8 Å². The fourth-order valence-electron chi connectivity index (χ4n) is 2.80. The maximum Gasteiger partial charge on any atom is 0.233 e. The number of thiazole rings is 1. The van der Waals surface area contributed by atoms with Gasteiger partial charge in [0.2, 0.25) is 11.7 Å². The summed E-state index contributed by atoms with van der Waals surface area (Å²) in [6.45, 7) is 2.79. The van der Waals surface area contributed by atoms with Gasteiger partial charge in [0.1, 0.15) is 16.5 Å². The normalized spacial score (nSPS) is 10.8. The van der Waals surface area contributed by atoms with Crippen molar-refractivity contribution in [1.29, 1.82) is 0 Å². The molecule has 2 aromatic heterocycles. The standard InChI is InChI=1S/C22H21N3O3S/c1-3-11-27-17-9-7-15(8-10-17)22-24-20(28-25-22)13-21-23-19(14-29-21)16-5-4-6-18(12-16)26-2/h4-10,12,14H,3,11,13H2,1-2H3. The molecule has 2 aromatic carbocycles. The molecule has 0 N–H and O–H groups in total. The summed E-state index contributed by atoms with van der Waals surface area (Å²) in [4.78, 5) is 9.20. The van der Waals surface area contributed by atoms with E-state index in [0.717, 1.165) is 39.7 Å². The Balaban J connectivity index is 1.45. The van der Waals surface area contributed by atoms with E-state index in [-0.39, 0.29) is 0 Å². The highest BCUT2D eigenvalue weighted by atomic mass is 32.1. The summed E-state index contributed by atoms with van der Waals surface area (Å²) in [5.41, 5.74) is 2.81. The maximum atomic E-state index is 5.60. The first-order valence-electron chi connectivity index (χ1n) is 9.40. The average Bonchev–Trinajstić information content (AvgIpc) is 3.43. The molecule has 148 valence electrons. The van der Waals surface area contributed by atoms with Crippen molar-refractivity contribution in [2.24, 2.45) is 0 Å². The molecule has 0 spiro atoms. The Labute approximate surface area is 173 Å². The van der Waals surface area contributed by atoms with Gasteiger partial charge in [-0.1, -0.05) is 24.2 Å². The van der Waals surface area contributed by atoms with E-state index in [1.165, 1.54) is 0 Å². The van der Waals surface area contributed by atoms with Crippen LogP contribution < -0.4 is 9.47 Å². The number of nitrogens with zero attached hydrogens (tertiary/aromatic N) is 3. The summed E-state index contributed by atoms with van der Waals surface area (Å²) in [6.07, 6.45) is 1.48. The molecule has 0 bridgehead atoms. The van der Waals surface area contributed by atoms with Crippen LogP contribution in [0.5, 0.6) is 11.5 Å². The number of rotatable bonds is 8. The number of aromatic nitrogens is 3. The Kier molecular flexibility index (Phi) is 5.86. The van der Waals surface area contributed by atoms with Crippen LogP contribution in [-0.2, 0) is 6.42 Å². The summed E-state index contributed by atoms with van der Waals surface area (Å²) in [7, 11) is 1.66. The predicted octanol–water partition coefficient (Wildman–Crippen LogP) is 5.25. The molecule has 0 atom stereocenters. The van der Waals surface area contributed by atoms with Gasteiger partial charge in [0.25, 0.3) is 0 Å². The van der Waals surface area contributed by atoms with Gasteiger partial charge >= 0.3 is 0 Å². The van der Waals surface area contributed by atoms with Gasteiger partial charge in [0, 0.05) is 16.5 Å². The smallest absolute Gasteiger partial charge is 0.233 e. The van der Waals surface area contributed by atoms with Gasteiger partial charge in [0.15, 0.2) is 0 Å². The number of ether oxygens (including phenoxy) is 2. The second kappa shape index (κ2) is 8.87. The monoisotopic (exact) mass is 407 g/mol. The first-order chi connectivity index (χ1) is 14.2. The minimum absolute atomic E-state index is 0.499. The lowest BCUT2D eigenvalue weighted by Gasteiger charge is -2.03. The van der Waals surface area contributed by atoms with E-state index in [2.05, 4.69) is 17.1 Å². The first kappa shape index (κ1) is 19.1. The molecule has 0 aliphatic carbocycles. The van der Waals surface area contributed by atoms with E-state index in [1.54, 1.807) is 18.4 Å². The number of hydrogen-bond acceptors (Lipinski definition) is 7. The molecule has 0 saturated carbocycles. The maximum absolute atomic E-state index is 5.60. The molecule has 0 amide bonds. The zero-order chi connectivity index (χ0) is 20.1. The zero-order valence-electron chi connectivity index (χ0n) is 16.3. The molecular formula is C22H21N3O3S. The fourth-order valence-corrected chi connectivity index (χ4v) is 3.59. The Bertz CT molecular complexity index is 1070. The third-order valence-electron chi connectivity index (χ3n) is 4.27. The van der Waals surface area contributed by atoms with Crippen LogP contribution in [0.25, 0.3) is 22.6 Å². The molecule has 0 saturated heterocycles. The third-order valence-corrected chi connectivity index (χ3v) is 5.12. The molecule has 7 heteroatoms. The van der Waals surface area contributed by atoms with Crippen molar-refractivity contribution in [3.8, 4) is 34.1 Å². The van der Waals surface area contributed by atoms with Gasteiger partial charge in [-0.15, -0.1) is 11.3 Å². The lowest BCUT2D eigenvalue weighted by molar-refractivity contribution is 0.317. The topological polar surface area (TPSA) is 70.3 Å². The van der Waals surface area contributed by atoms with Crippen LogP contribution in [0.1, 0.15) is 24.2 Å². The van der Waals surface area contributed by atoms with Crippen LogP contribution in [0.2, 0.25) is 0 Å². The van der Waals surface area contributed by atoms with Crippen molar-refractivity contribution in [3.63, 3.8) is 0 Å². The molecule has 6 nitrogen and oxygen atoms in total. The number of benzene rings is 2. The van der Waals surface area contributed by atoms with E-state index in [0.29, 0.717) is 24.7 Å². The Morgan fingerprint density at radius 1 is 1.00 bits per heavy atom. The zero-order valence-corrected chi connectivity index (χ0v) is 17.1. The van der Waals surface area contributed by atoms with E-state index >= 15 is 0 Å². The number of methoxy groups -OCH3 is 1. The van der Waals surface area contributed by atoms with Crippen molar-refractivity contribution in [3.05, 3.63) is 64.8 Å². The molecule has 0 aliphatic rings. The lowest BCUT2D eigenvalue weighted by Crippen LogP contribution is -1.94. The Hall–Kier alpha value is -3.19. The predicted molar refractivity (Wildman–Crippen MR) is 112 cm³/mol. The molecule has 0 aliphatic heterocycles. The van der Waals surface area contributed by atoms with Crippen molar-refractivity contribution in [1.82, 2.24) is 15.1 Å². The highest BCUT2D eigenvalue weighted by Gasteiger charge is 2.13.